The molecule has 0 spiro atoms. The standard InChI is InChI=1S/C16H26N2O/c1-13-10-16(5-4-15(13)12-19)18-8-6-14(7-9-18)11-17(2)3/h4-5,10,14,19H,6-9,11-12H2,1-3H3. The average molecular weight is 262 g/mol. The third kappa shape index (κ3) is 3.71. The molecule has 0 unspecified atom stereocenters. The maximum Gasteiger partial charge on any atom is 0.0684 e. The average Bonchev–Trinajstić information content (AvgIpc) is 2.39. The molecule has 106 valence electrons. The zero-order chi connectivity index (χ0) is 13.8. The molecule has 3 nitrogen and oxygen atoms in total. The van der Waals surface area contributed by atoms with Gasteiger partial charge in [-0.25, -0.2) is 0 Å². The van der Waals surface area contributed by atoms with Crippen LogP contribution in [0.1, 0.15) is 24.0 Å². The van der Waals surface area contributed by atoms with Gasteiger partial charge in [-0.1, -0.05) is 6.07 Å². The van der Waals surface area contributed by atoms with Crippen LogP contribution in [0.2, 0.25) is 0 Å². The van der Waals surface area contributed by atoms with Crippen molar-refractivity contribution in [1.29, 1.82) is 0 Å². The van der Waals surface area contributed by atoms with E-state index < -0.39 is 0 Å². The summed E-state index contributed by atoms with van der Waals surface area (Å²) < 4.78 is 0. The molecule has 0 radical (unpaired) electrons. The predicted molar refractivity (Wildman–Crippen MR) is 80.6 cm³/mol. The molecule has 0 atom stereocenters. The molecule has 1 N–H and O–H groups in total. The van der Waals surface area contributed by atoms with E-state index in [1.165, 1.54) is 30.6 Å². The smallest absolute Gasteiger partial charge is 0.0684 e. The normalized spacial score (nSPS) is 17.2. The van der Waals surface area contributed by atoms with Crippen LogP contribution in [0.4, 0.5) is 5.69 Å². The first kappa shape index (κ1) is 14.4. The minimum atomic E-state index is 0.136. The molecule has 0 bridgehead atoms. The third-order valence-electron chi connectivity index (χ3n) is 4.10. The Morgan fingerprint density at radius 3 is 2.47 bits per heavy atom. The number of hydrogen-bond donors (Lipinski definition) is 1. The topological polar surface area (TPSA) is 26.7 Å². The van der Waals surface area contributed by atoms with E-state index >= 15 is 0 Å². The van der Waals surface area contributed by atoms with Crippen molar-refractivity contribution >= 4 is 5.69 Å². The number of piperidine rings is 1. The predicted octanol–water partition coefficient (Wildman–Crippen LogP) is 2.27. The van der Waals surface area contributed by atoms with Gasteiger partial charge < -0.3 is 14.9 Å². The Bertz CT molecular complexity index is 409. The van der Waals surface area contributed by atoms with Crippen LogP contribution in [0.3, 0.4) is 0 Å². The van der Waals surface area contributed by atoms with Crippen molar-refractivity contribution < 1.29 is 5.11 Å². The summed E-state index contributed by atoms with van der Waals surface area (Å²) in [5.74, 6) is 0.837. The minimum Gasteiger partial charge on any atom is -0.392 e. The van der Waals surface area contributed by atoms with E-state index in [2.05, 4.69) is 49.0 Å². The van der Waals surface area contributed by atoms with Gasteiger partial charge in [-0.3, -0.25) is 0 Å². The molecule has 19 heavy (non-hydrogen) atoms. The van der Waals surface area contributed by atoms with Gasteiger partial charge in [0.05, 0.1) is 6.61 Å². The zero-order valence-corrected chi connectivity index (χ0v) is 12.4. The fraction of sp³-hybridized carbons (Fsp3) is 0.625. The molecule has 1 aromatic rings. The second kappa shape index (κ2) is 6.40. The molecule has 1 aliphatic heterocycles. The van der Waals surface area contributed by atoms with E-state index in [4.69, 9.17) is 0 Å². The third-order valence-corrected chi connectivity index (χ3v) is 4.10. The number of nitrogens with zero attached hydrogens (tertiary/aromatic N) is 2. The molecule has 2 rings (SSSR count). The maximum atomic E-state index is 9.22. The second-order valence-corrected chi connectivity index (χ2v) is 5.96. The van der Waals surface area contributed by atoms with Crippen molar-refractivity contribution in [3.8, 4) is 0 Å². The number of anilines is 1. The van der Waals surface area contributed by atoms with Crippen molar-refractivity contribution in [3.63, 3.8) is 0 Å². The van der Waals surface area contributed by atoms with E-state index in [1.54, 1.807) is 0 Å². The summed E-state index contributed by atoms with van der Waals surface area (Å²) in [5, 5.41) is 9.22. The number of aliphatic hydroxyl groups excluding tert-OH is 1. The number of aliphatic hydroxyl groups is 1. The lowest BCUT2D eigenvalue weighted by molar-refractivity contribution is 0.281. The molecule has 1 aliphatic rings. The molecule has 1 heterocycles. The van der Waals surface area contributed by atoms with Gasteiger partial charge in [-0.2, -0.15) is 0 Å². The monoisotopic (exact) mass is 262 g/mol. The van der Waals surface area contributed by atoms with Crippen molar-refractivity contribution in [2.45, 2.75) is 26.4 Å². The highest BCUT2D eigenvalue weighted by molar-refractivity contribution is 5.51. The van der Waals surface area contributed by atoms with Crippen LogP contribution >= 0.6 is 0 Å². The quantitative estimate of drug-likeness (QED) is 0.901. The van der Waals surface area contributed by atoms with Gasteiger partial charge in [0.25, 0.3) is 0 Å². The fourth-order valence-electron chi connectivity index (χ4n) is 2.94. The van der Waals surface area contributed by atoms with Crippen molar-refractivity contribution in [2.75, 3.05) is 38.6 Å². The summed E-state index contributed by atoms with van der Waals surface area (Å²) in [6, 6.07) is 6.40. The number of benzene rings is 1. The molecular formula is C16H26N2O. The lowest BCUT2D eigenvalue weighted by Crippen LogP contribution is -2.37. The van der Waals surface area contributed by atoms with Crippen LogP contribution in [-0.2, 0) is 6.61 Å². The second-order valence-electron chi connectivity index (χ2n) is 5.96. The first-order valence-corrected chi connectivity index (χ1v) is 7.20. The summed E-state index contributed by atoms with van der Waals surface area (Å²) in [5.41, 5.74) is 3.53. The van der Waals surface area contributed by atoms with Gasteiger partial charge in [-0.05, 0) is 63.0 Å². The molecule has 0 aliphatic carbocycles. The summed E-state index contributed by atoms with van der Waals surface area (Å²) in [4.78, 5) is 4.76. The largest absolute Gasteiger partial charge is 0.392 e. The van der Waals surface area contributed by atoms with E-state index in [0.29, 0.717) is 0 Å². The summed E-state index contributed by atoms with van der Waals surface area (Å²) in [6.45, 7) is 5.72. The highest BCUT2D eigenvalue weighted by atomic mass is 16.3. The Morgan fingerprint density at radius 1 is 1.26 bits per heavy atom. The van der Waals surface area contributed by atoms with Crippen LogP contribution < -0.4 is 4.90 Å². The summed E-state index contributed by atoms with van der Waals surface area (Å²) >= 11 is 0. The fourth-order valence-corrected chi connectivity index (χ4v) is 2.94. The summed E-state index contributed by atoms with van der Waals surface area (Å²) in [6.07, 6.45) is 2.55. The summed E-state index contributed by atoms with van der Waals surface area (Å²) in [7, 11) is 4.31. The highest BCUT2D eigenvalue weighted by Crippen LogP contribution is 2.25. The van der Waals surface area contributed by atoms with Crippen LogP contribution in [0.15, 0.2) is 18.2 Å². The molecule has 0 aromatic heterocycles. The molecule has 0 amide bonds. The van der Waals surface area contributed by atoms with Gasteiger partial charge in [-0.15, -0.1) is 0 Å². The Labute approximate surface area is 116 Å². The van der Waals surface area contributed by atoms with Gasteiger partial charge >= 0.3 is 0 Å². The lowest BCUT2D eigenvalue weighted by Gasteiger charge is -2.35. The Balaban J connectivity index is 1.96. The van der Waals surface area contributed by atoms with E-state index in [-0.39, 0.29) is 6.61 Å². The number of rotatable bonds is 4. The molecule has 0 saturated carbocycles. The first-order valence-electron chi connectivity index (χ1n) is 7.20. The molecular weight excluding hydrogens is 236 g/mol. The lowest BCUT2D eigenvalue weighted by atomic mass is 9.95. The number of aryl methyl sites for hydroxylation is 1. The molecule has 1 saturated heterocycles. The van der Waals surface area contributed by atoms with Crippen molar-refractivity contribution in [1.82, 2.24) is 4.90 Å². The molecule has 3 heteroatoms. The van der Waals surface area contributed by atoms with Crippen LogP contribution in [0, 0.1) is 12.8 Å². The Hall–Kier alpha value is -1.06. The van der Waals surface area contributed by atoms with Crippen LogP contribution in [-0.4, -0.2) is 43.7 Å². The molecule has 1 aromatic carbocycles. The van der Waals surface area contributed by atoms with Gasteiger partial charge in [0, 0.05) is 25.3 Å². The number of hydrogen-bond acceptors (Lipinski definition) is 3. The Morgan fingerprint density at radius 2 is 1.95 bits per heavy atom. The Kier molecular flexibility index (Phi) is 4.83. The van der Waals surface area contributed by atoms with Gasteiger partial charge in [0.2, 0.25) is 0 Å². The molecule has 1 fully saturated rings. The SMILES string of the molecule is Cc1cc(N2CCC(CN(C)C)CC2)ccc1CO. The maximum absolute atomic E-state index is 9.22. The van der Waals surface area contributed by atoms with E-state index in [1.807, 2.05) is 0 Å². The van der Waals surface area contributed by atoms with E-state index in [9.17, 15) is 5.11 Å². The van der Waals surface area contributed by atoms with Crippen molar-refractivity contribution in [3.05, 3.63) is 29.3 Å². The van der Waals surface area contributed by atoms with Crippen LogP contribution in [0.25, 0.3) is 0 Å². The van der Waals surface area contributed by atoms with Crippen molar-refractivity contribution in [2.24, 2.45) is 5.92 Å². The van der Waals surface area contributed by atoms with Gasteiger partial charge in [0.15, 0.2) is 0 Å². The van der Waals surface area contributed by atoms with Crippen LogP contribution in [0.5, 0.6) is 0 Å². The van der Waals surface area contributed by atoms with Gasteiger partial charge in [0.1, 0.15) is 0 Å². The first-order chi connectivity index (χ1) is 9.10. The minimum absolute atomic E-state index is 0.136. The van der Waals surface area contributed by atoms with E-state index in [0.717, 1.165) is 24.6 Å². The zero-order valence-electron chi connectivity index (χ0n) is 12.4. The highest BCUT2D eigenvalue weighted by Gasteiger charge is 2.20.